The Morgan fingerprint density at radius 3 is 2.84 bits per heavy atom. The summed E-state index contributed by atoms with van der Waals surface area (Å²) in [5.41, 5.74) is 1.54. The zero-order valence-corrected chi connectivity index (χ0v) is 19.6. The first-order valence-corrected chi connectivity index (χ1v) is 11.6. The topological polar surface area (TPSA) is 107 Å². The maximum absolute atomic E-state index is 13.1. The lowest BCUT2D eigenvalue weighted by Gasteiger charge is -2.25. The molecule has 1 unspecified atom stereocenters. The fourth-order valence-electron chi connectivity index (χ4n) is 4.62. The van der Waals surface area contributed by atoms with Crippen LogP contribution in [0.3, 0.4) is 0 Å². The third-order valence-electron chi connectivity index (χ3n) is 6.47. The van der Waals surface area contributed by atoms with Gasteiger partial charge in [-0.25, -0.2) is 9.97 Å². The molecule has 6 rings (SSSR count). The highest BCUT2D eigenvalue weighted by molar-refractivity contribution is 5.93. The minimum atomic E-state index is -4.52. The maximum Gasteiger partial charge on any atom is 0.435 e. The number of carbonyl (C=O) groups excluding carboxylic acids is 1. The summed E-state index contributed by atoms with van der Waals surface area (Å²) in [4.78, 5) is 23.5. The molecule has 9 nitrogen and oxygen atoms in total. The van der Waals surface area contributed by atoms with E-state index in [0.29, 0.717) is 54.7 Å². The lowest BCUT2D eigenvalue weighted by Crippen LogP contribution is -2.20. The van der Waals surface area contributed by atoms with E-state index in [-0.39, 0.29) is 17.5 Å². The summed E-state index contributed by atoms with van der Waals surface area (Å²) in [5, 5.41) is 6.33. The Bertz CT molecular complexity index is 1510. The number of nitrogens with zero attached hydrogens (tertiary/aromatic N) is 4. The van der Waals surface area contributed by atoms with Crippen molar-refractivity contribution in [3.63, 3.8) is 0 Å². The molecule has 0 radical (unpaired) electrons. The van der Waals surface area contributed by atoms with E-state index < -0.39 is 11.9 Å². The number of amides is 1. The molecule has 0 spiro atoms. The highest BCUT2D eigenvalue weighted by Gasteiger charge is 2.35. The second-order valence-electron chi connectivity index (χ2n) is 8.99. The molecule has 5 heterocycles. The molecule has 37 heavy (non-hydrogen) atoms. The van der Waals surface area contributed by atoms with Crippen LogP contribution in [0.15, 0.2) is 42.7 Å². The van der Waals surface area contributed by atoms with Gasteiger partial charge in [-0.2, -0.15) is 18.3 Å². The van der Waals surface area contributed by atoms with Crippen molar-refractivity contribution in [1.82, 2.24) is 24.7 Å². The average molecular weight is 510 g/mol. The first-order valence-electron chi connectivity index (χ1n) is 11.6. The van der Waals surface area contributed by atoms with Gasteiger partial charge in [-0.15, -0.1) is 0 Å². The first-order chi connectivity index (χ1) is 17.7. The third kappa shape index (κ3) is 4.39. The summed E-state index contributed by atoms with van der Waals surface area (Å²) in [6, 6.07) is 8.33. The molecule has 190 valence electrons. The van der Waals surface area contributed by atoms with Gasteiger partial charge in [0, 0.05) is 25.2 Å². The summed E-state index contributed by atoms with van der Waals surface area (Å²) in [6.07, 6.45) is 0.0868. The number of ether oxygens (including phenoxy) is 2. The van der Waals surface area contributed by atoms with Crippen LogP contribution in [0.5, 0.6) is 17.2 Å². The molecule has 1 aromatic carbocycles. The Kier molecular flexibility index (Phi) is 5.39. The number of H-pyrrole nitrogens is 1. The normalized spacial score (nSPS) is 17.0. The molecule has 0 bridgehead atoms. The van der Waals surface area contributed by atoms with Gasteiger partial charge in [0.15, 0.2) is 5.69 Å². The van der Waals surface area contributed by atoms with Crippen LogP contribution in [0.1, 0.15) is 35.0 Å². The van der Waals surface area contributed by atoms with Crippen LogP contribution in [-0.4, -0.2) is 37.2 Å². The fourth-order valence-corrected chi connectivity index (χ4v) is 4.62. The van der Waals surface area contributed by atoms with Crippen LogP contribution in [0.2, 0.25) is 0 Å². The van der Waals surface area contributed by atoms with Crippen molar-refractivity contribution in [3.8, 4) is 28.6 Å². The van der Waals surface area contributed by atoms with Gasteiger partial charge in [0.05, 0.1) is 30.1 Å². The summed E-state index contributed by atoms with van der Waals surface area (Å²) in [5.74, 6) is 2.91. The molecule has 2 N–H and O–H groups in total. The number of aromatic nitrogens is 5. The fraction of sp³-hybridized carbons (Fsp3) is 0.280. The molecule has 2 aliphatic heterocycles. The Balaban J connectivity index is 1.22. The molecule has 0 saturated heterocycles. The van der Waals surface area contributed by atoms with Gasteiger partial charge in [0.25, 0.3) is 0 Å². The Morgan fingerprint density at radius 2 is 2.03 bits per heavy atom. The summed E-state index contributed by atoms with van der Waals surface area (Å²) in [7, 11) is 1.46. The van der Waals surface area contributed by atoms with Crippen LogP contribution < -0.4 is 14.8 Å². The Hall–Kier alpha value is -4.35. The second-order valence-corrected chi connectivity index (χ2v) is 8.99. The van der Waals surface area contributed by atoms with Crippen molar-refractivity contribution in [3.05, 3.63) is 65.4 Å². The van der Waals surface area contributed by atoms with Crippen molar-refractivity contribution in [1.29, 1.82) is 0 Å². The zero-order chi connectivity index (χ0) is 25.7. The maximum atomic E-state index is 13.1. The van der Waals surface area contributed by atoms with Crippen LogP contribution in [0.25, 0.3) is 11.4 Å². The summed E-state index contributed by atoms with van der Waals surface area (Å²) >= 11 is 0. The number of imidazole rings is 1. The van der Waals surface area contributed by atoms with Crippen LogP contribution in [-0.2, 0) is 30.9 Å². The molecule has 0 saturated carbocycles. The van der Waals surface area contributed by atoms with Gasteiger partial charge in [-0.1, -0.05) is 0 Å². The quantitative estimate of drug-likeness (QED) is 0.415. The van der Waals surface area contributed by atoms with E-state index in [9.17, 15) is 18.0 Å². The number of benzene rings is 1. The molecule has 12 heteroatoms. The Morgan fingerprint density at radius 1 is 1.16 bits per heavy atom. The number of pyridine rings is 1. The number of fused-ring (bicyclic) bond motifs is 2. The molecule has 0 aliphatic carbocycles. The number of aryl methyl sites for hydroxylation is 1. The van der Waals surface area contributed by atoms with E-state index in [0.717, 1.165) is 22.9 Å². The average Bonchev–Trinajstić information content (AvgIpc) is 3.50. The minimum Gasteiger partial charge on any atom is -0.493 e. The number of rotatable bonds is 4. The lowest BCUT2D eigenvalue weighted by atomic mass is 9.96. The zero-order valence-electron chi connectivity index (χ0n) is 19.6. The first kappa shape index (κ1) is 23.1. The third-order valence-corrected chi connectivity index (χ3v) is 6.47. The molecular weight excluding hydrogens is 489 g/mol. The lowest BCUT2D eigenvalue weighted by molar-refractivity contribution is -0.141. The Labute approximate surface area is 208 Å². The van der Waals surface area contributed by atoms with Crippen LogP contribution >= 0.6 is 0 Å². The van der Waals surface area contributed by atoms with Gasteiger partial charge in [0.1, 0.15) is 28.9 Å². The standard InChI is InChI=1S/C25H21F3N6O3/c1-34-18(10-21(33-34)25(26,27)28)17-11-30-23(31-17)14-8-13-9-15(2-4-19(13)36-12-14)37-20-6-7-29-24-16(20)3-5-22(35)32-24/h2,4,6-7,9-11,14H,3,5,8,12H2,1H3,(H,30,31)(H,29,32,35). The van der Waals surface area contributed by atoms with E-state index >= 15 is 0 Å². The molecule has 1 amide bonds. The van der Waals surface area contributed by atoms with E-state index in [4.69, 9.17) is 9.47 Å². The molecule has 1 atom stereocenters. The van der Waals surface area contributed by atoms with Gasteiger partial charge >= 0.3 is 6.18 Å². The molecule has 3 aromatic heterocycles. The highest BCUT2D eigenvalue weighted by Crippen LogP contribution is 2.38. The number of carbonyl (C=O) groups is 1. The summed E-state index contributed by atoms with van der Waals surface area (Å²) in [6.45, 7) is 0.372. The molecular formula is C25H21F3N6O3. The number of hydrogen-bond acceptors (Lipinski definition) is 6. The van der Waals surface area contributed by atoms with Crippen molar-refractivity contribution >= 4 is 11.7 Å². The number of hydrogen-bond donors (Lipinski definition) is 2. The van der Waals surface area contributed by atoms with Crippen molar-refractivity contribution in [2.24, 2.45) is 7.05 Å². The minimum absolute atomic E-state index is 0.0700. The predicted molar refractivity (Wildman–Crippen MR) is 125 cm³/mol. The largest absolute Gasteiger partial charge is 0.493 e. The van der Waals surface area contributed by atoms with Gasteiger partial charge in [-0.05, 0) is 48.7 Å². The highest BCUT2D eigenvalue weighted by atomic mass is 19.4. The van der Waals surface area contributed by atoms with Crippen molar-refractivity contribution in [2.75, 3.05) is 11.9 Å². The smallest absolute Gasteiger partial charge is 0.435 e. The van der Waals surface area contributed by atoms with Crippen molar-refractivity contribution < 1.29 is 27.4 Å². The van der Waals surface area contributed by atoms with Crippen LogP contribution in [0.4, 0.5) is 19.0 Å². The summed E-state index contributed by atoms with van der Waals surface area (Å²) < 4.78 is 52.4. The van der Waals surface area contributed by atoms with E-state index in [1.165, 1.54) is 17.9 Å². The van der Waals surface area contributed by atoms with Gasteiger partial charge < -0.3 is 19.8 Å². The van der Waals surface area contributed by atoms with E-state index in [1.54, 1.807) is 12.3 Å². The van der Waals surface area contributed by atoms with E-state index in [2.05, 4.69) is 25.4 Å². The van der Waals surface area contributed by atoms with Gasteiger partial charge in [0.2, 0.25) is 5.91 Å². The van der Waals surface area contributed by atoms with Gasteiger partial charge in [-0.3, -0.25) is 9.48 Å². The monoisotopic (exact) mass is 510 g/mol. The van der Waals surface area contributed by atoms with E-state index in [1.807, 2.05) is 18.2 Å². The molecule has 4 aromatic rings. The number of alkyl halides is 3. The number of halogens is 3. The number of nitrogens with one attached hydrogen (secondary N) is 2. The molecule has 2 aliphatic rings. The number of aromatic amines is 1. The second kappa shape index (κ2) is 8.64. The number of anilines is 1. The molecule has 0 fully saturated rings. The SMILES string of the molecule is Cn1nc(C(F)(F)F)cc1-c1cnc(C2COc3ccc(Oc4ccnc5c4CCC(=O)N5)cc3C2)[nH]1. The van der Waals surface area contributed by atoms with Crippen molar-refractivity contribution in [2.45, 2.75) is 31.4 Å². The predicted octanol–water partition coefficient (Wildman–Crippen LogP) is 4.62. The van der Waals surface area contributed by atoms with Crippen LogP contribution in [0, 0.1) is 0 Å².